The number of allylic oxidation sites excluding steroid dienone is 2. The van der Waals surface area contributed by atoms with Crippen molar-refractivity contribution in [1.29, 1.82) is 0 Å². The number of carbonyl (C=O) groups excluding carboxylic acids is 2. The molecule has 0 unspecified atom stereocenters. The third-order valence-corrected chi connectivity index (χ3v) is 5.53. The van der Waals surface area contributed by atoms with Crippen LogP contribution in [0.4, 0.5) is 13.6 Å². The number of nitrogens with zero attached hydrogens (tertiary/aromatic N) is 5. The van der Waals surface area contributed by atoms with Crippen molar-refractivity contribution in [3.8, 4) is 5.69 Å². The fraction of sp³-hybridized carbons (Fsp3) is 0.222. The van der Waals surface area contributed by atoms with Gasteiger partial charge in [-0.3, -0.25) is 4.90 Å². The highest BCUT2D eigenvalue weighted by Crippen LogP contribution is 2.20. The van der Waals surface area contributed by atoms with Gasteiger partial charge >= 0.3 is 17.7 Å². The number of methoxy groups -OCH3 is 1. The molecule has 1 amide bonds. The predicted octanol–water partition coefficient (Wildman–Crippen LogP) is 4.12. The average molecular weight is 540 g/mol. The molecular formula is C27H27F2N5O5. The lowest BCUT2D eigenvalue weighted by atomic mass is 10.1. The maximum atomic E-state index is 14.2. The van der Waals surface area contributed by atoms with E-state index >= 15 is 0 Å². The van der Waals surface area contributed by atoms with Crippen LogP contribution in [0.15, 0.2) is 89.1 Å². The lowest BCUT2D eigenvalue weighted by molar-refractivity contribution is -0.140. The largest absolute Gasteiger partial charge is 0.500 e. The van der Waals surface area contributed by atoms with E-state index in [9.17, 15) is 23.2 Å². The zero-order chi connectivity index (χ0) is 28.7. The molecule has 1 aromatic heterocycles. The Morgan fingerprint density at radius 1 is 1.08 bits per heavy atom. The Kier molecular flexibility index (Phi) is 9.26. The molecule has 0 aliphatic rings. The molecule has 39 heavy (non-hydrogen) atoms. The number of rotatable bonds is 9. The van der Waals surface area contributed by atoms with Gasteiger partial charge in [0.25, 0.3) is 0 Å². The second-order valence-corrected chi connectivity index (χ2v) is 8.41. The normalized spacial score (nSPS) is 12.1. The number of para-hydroxylation sites is 1. The molecule has 0 atom stereocenters. The highest BCUT2D eigenvalue weighted by Gasteiger charge is 2.28. The number of hydrogen-bond donors (Lipinski definition) is 0. The molecule has 12 heteroatoms. The molecule has 3 rings (SSSR count). The van der Waals surface area contributed by atoms with Crippen LogP contribution < -0.4 is 5.69 Å². The van der Waals surface area contributed by atoms with Crippen molar-refractivity contribution in [1.82, 2.24) is 24.7 Å². The second-order valence-electron chi connectivity index (χ2n) is 8.41. The summed E-state index contributed by atoms with van der Waals surface area (Å²) >= 11 is 0. The highest BCUT2D eigenvalue weighted by atomic mass is 19.1. The Morgan fingerprint density at radius 2 is 1.72 bits per heavy atom. The van der Waals surface area contributed by atoms with Gasteiger partial charge in [-0.2, -0.15) is 4.68 Å². The first-order chi connectivity index (χ1) is 18.6. The van der Waals surface area contributed by atoms with E-state index in [4.69, 9.17) is 9.47 Å². The van der Waals surface area contributed by atoms with Crippen LogP contribution in [0.5, 0.6) is 0 Å². The van der Waals surface area contributed by atoms with Gasteiger partial charge in [0, 0.05) is 11.7 Å². The fourth-order valence-corrected chi connectivity index (χ4v) is 3.52. The molecule has 3 aromatic rings. The van der Waals surface area contributed by atoms with E-state index in [1.54, 1.807) is 38.1 Å². The van der Waals surface area contributed by atoms with Crippen molar-refractivity contribution in [3.63, 3.8) is 0 Å². The molecule has 0 fully saturated rings. The summed E-state index contributed by atoms with van der Waals surface area (Å²) in [6, 6.07) is 10.4. The molecule has 0 N–H and O–H groups in total. The molecule has 1 heterocycles. The highest BCUT2D eigenvalue weighted by molar-refractivity contribution is 5.92. The topological polar surface area (TPSA) is 109 Å². The molecule has 0 aliphatic carbocycles. The zero-order valence-electron chi connectivity index (χ0n) is 21.8. The van der Waals surface area contributed by atoms with E-state index in [-0.39, 0.29) is 23.6 Å². The van der Waals surface area contributed by atoms with Crippen LogP contribution in [-0.4, -0.2) is 49.8 Å². The third kappa shape index (κ3) is 6.35. The summed E-state index contributed by atoms with van der Waals surface area (Å²) in [6.45, 7) is 8.54. The molecule has 0 spiro atoms. The lowest BCUT2D eigenvalue weighted by Gasteiger charge is -2.27. The van der Waals surface area contributed by atoms with Crippen molar-refractivity contribution >= 4 is 12.0 Å². The minimum Gasteiger partial charge on any atom is -0.500 e. The number of ether oxygens (including phenoxy) is 2. The van der Waals surface area contributed by atoms with Gasteiger partial charge in [-0.1, -0.05) is 43.0 Å². The van der Waals surface area contributed by atoms with Gasteiger partial charge in [0.2, 0.25) is 0 Å². The first-order valence-electron chi connectivity index (χ1n) is 11.7. The van der Waals surface area contributed by atoms with Gasteiger partial charge in [-0.05, 0) is 61.0 Å². The minimum atomic E-state index is -1.20. The number of amides is 1. The Morgan fingerprint density at radius 3 is 2.28 bits per heavy atom. The van der Waals surface area contributed by atoms with Crippen LogP contribution in [-0.2, 0) is 20.9 Å². The van der Waals surface area contributed by atoms with Crippen LogP contribution in [0.1, 0.15) is 26.3 Å². The molecule has 204 valence electrons. The molecule has 0 bridgehead atoms. The Hall–Kier alpha value is -4.87. The summed E-state index contributed by atoms with van der Waals surface area (Å²) in [4.78, 5) is 40.5. The predicted molar refractivity (Wildman–Crippen MR) is 138 cm³/mol. The maximum Gasteiger partial charge on any atom is 0.377 e. The van der Waals surface area contributed by atoms with Crippen molar-refractivity contribution in [3.05, 3.63) is 112 Å². The van der Waals surface area contributed by atoms with E-state index in [2.05, 4.69) is 17.0 Å². The van der Waals surface area contributed by atoms with Gasteiger partial charge in [0.1, 0.15) is 18.1 Å². The standard InChI is InChI=1S/C27H27F2N5O5/c1-6-20(15-21(18(4)38-5)25(35)39-16-19-11-8-7-9-12-19)32(17(2)3)26(36)34-27(37)33(30-31-34)24-22(28)13-10-14-23(24)29/h6-15,17H,1,16H2,2-5H3/b20-15+,21-18-. The maximum absolute atomic E-state index is 14.2. The average Bonchev–Trinajstić information content (AvgIpc) is 3.29. The van der Waals surface area contributed by atoms with Crippen molar-refractivity contribution < 1.29 is 27.8 Å². The summed E-state index contributed by atoms with van der Waals surface area (Å²) in [5, 5.41) is 7.01. The molecule has 0 aliphatic heterocycles. The van der Waals surface area contributed by atoms with Crippen LogP contribution in [0.2, 0.25) is 0 Å². The van der Waals surface area contributed by atoms with Crippen LogP contribution in [0.3, 0.4) is 0 Å². The number of aromatic nitrogens is 4. The van der Waals surface area contributed by atoms with Gasteiger partial charge in [-0.15, -0.1) is 4.68 Å². The SMILES string of the molecule is C=C/C(=C\C(C(=O)OCc1ccccc1)=C(/C)OC)N(C(=O)n1nnn(-c2c(F)cccc2F)c1=O)C(C)C. The Labute approximate surface area is 223 Å². The molecule has 2 aromatic carbocycles. The van der Waals surface area contributed by atoms with Crippen LogP contribution >= 0.6 is 0 Å². The number of tetrazole rings is 1. The zero-order valence-corrected chi connectivity index (χ0v) is 21.8. The summed E-state index contributed by atoms with van der Waals surface area (Å²) in [5.74, 6) is -2.67. The van der Waals surface area contributed by atoms with E-state index in [0.29, 0.717) is 9.36 Å². The second kappa shape index (κ2) is 12.6. The Bertz CT molecular complexity index is 1470. The fourth-order valence-electron chi connectivity index (χ4n) is 3.52. The molecule has 10 nitrogen and oxygen atoms in total. The van der Waals surface area contributed by atoms with Crippen molar-refractivity contribution in [2.24, 2.45) is 0 Å². The molecule has 0 saturated heterocycles. The van der Waals surface area contributed by atoms with E-state index in [0.717, 1.165) is 28.7 Å². The van der Waals surface area contributed by atoms with Crippen LogP contribution in [0, 0.1) is 11.6 Å². The van der Waals surface area contributed by atoms with Gasteiger partial charge in [0.05, 0.1) is 12.7 Å². The minimum absolute atomic E-state index is 0.00460. The summed E-state index contributed by atoms with van der Waals surface area (Å²) < 4.78 is 39.9. The van der Waals surface area contributed by atoms with E-state index < -0.39 is 41.1 Å². The van der Waals surface area contributed by atoms with Gasteiger partial charge < -0.3 is 9.47 Å². The summed E-state index contributed by atoms with van der Waals surface area (Å²) in [7, 11) is 1.37. The third-order valence-electron chi connectivity index (χ3n) is 5.53. The lowest BCUT2D eigenvalue weighted by Crippen LogP contribution is -2.43. The van der Waals surface area contributed by atoms with E-state index in [1.807, 2.05) is 6.07 Å². The summed E-state index contributed by atoms with van der Waals surface area (Å²) in [5.41, 5.74) is -1.13. The first-order valence-corrected chi connectivity index (χ1v) is 11.7. The number of esters is 1. The quantitative estimate of drug-likeness (QED) is 0.132. The smallest absolute Gasteiger partial charge is 0.377 e. The van der Waals surface area contributed by atoms with Crippen LogP contribution in [0.25, 0.3) is 5.69 Å². The molecule has 0 radical (unpaired) electrons. The summed E-state index contributed by atoms with van der Waals surface area (Å²) in [6.07, 6.45) is 2.61. The monoisotopic (exact) mass is 539 g/mol. The van der Waals surface area contributed by atoms with Crippen molar-refractivity contribution in [2.45, 2.75) is 33.4 Å². The number of carbonyl (C=O) groups is 2. The molecule has 0 saturated carbocycles. The number of halogens is 2. The molecular weight excluding hydrogens is 512 g/mol. The van der Waals surface area contributed by atoms with E-state index in [1.165, 1.54) is 26.2 Å². The van der Waals surface area contributed by atoms with Gasteiger partial charge in [-0.25, -0.2) is 23.2 Å². The van der Waals surface area contributed by atoms with Crippen molar-refractivity contribution in [2.75, 3.05) is 7.11 Å². The number of benzene rings is 2. The van der Waals surface area contributed by atoms with Gasteiger partial charge in [0.15, 0.2) is 11.6 Å². The first kappa shape index (κ1) is 28.7. The number of hydrogen-bond acceptors (Lipinski definition) is 7. The Balaban J connectivity index is 2.00.